The molecule has 1 aliphatic rings. The maximum absolute atomic E-state index is 10.4. The first kappa shape index (κ1) is 13.4. The summed E-state index contributed by atoms with van der Waals surface area (Å²) in [5.74, 6) is 0. The average molecular weight is 256 g/mol. The lowest BCUT2D eigenvalue weighted by molar-refractivity contribution is -0.335. The quantitative estimate of drug-likeness (QED) is 0.431. The van der Waals surface area contributed by atoms with E-state index in [0.29, 0.717) is 0 Å². The molecule has 0 spiro atoms. The molecule has 0 radical (unpaired) electrons. The minimum atomic E-state index is -2.13. The van der Waals surface area contributed by atoms with E-state index >= 15 is 0 Å². The maximum Gasteiger partial charge on any atom is 0.191 e. The Balaban J connectivity index is 2.37. The van der Waals surface area contributed by atoms with Crippen molar-refractivity contribution in [3.63, 3.8) is 0 Å². The Kier molecular flexibility index (Phi) is 3.67. The molecular weight excluding hydrogens is 240 g/mol. The Labute approximate surface area is 104 Å². The van der Waals surface area contributed by atoms with E-state index in [-0.39, 0.29) is 5.56 Å². The van der Waals surface area contributed by atoms with Crippen LogP contribution in [0.1, 0.15) is 5.56 Å². The van der Waals surface area contributed by atoms with Gasteiger partial charge in [-0.2, -0.15) is 0 Å². The van der Waals surface area contributed by atoms with E-state index in [2.05, 4.69) is 0 Å². The van der Waals surface area contributed by atoms with Gasteiger partial charge in [0.2, 0.25) is 0 Å². The minimum Gasteiger partial charge on any atom is -0.394 e. The van der Waals surface area contributed by atoms with Crippen LogP contribution in [0, 0.1) is 0 Å². The molecule has 1 fully saturated rings. The van der Waals surface area contributed by atoms with E-state index in [9.17, 15) is 20.4 Å². The molecule has 0 unspecified atom stereocenters. The summed E-state index contributed by atoms with van der Waals surface area (Å²) in [5.41, 5.74) is -1.91. The lowest BCUT2D eigenvalue weighted by Crippen LogP contribution is -2.64. The van der Waals surface area contributed by atoms with E-state index in [1.807, 2.05) is 0 Å². The zero-order valence-corrected chi connectivity index (χ0v) is 9.55. The first-order chi connectivity index (χ1) is 8.51. The lowest BCUT2D eigenvalue weighted by Gasteiger charge is -2.46. The molecule has 18 heavy (non-hydrogen) atoms. The van der Waals surface area contributed by atoms with Crippen molar-refractivity contribution in [2.45, 2.75) is 30.2 Å². The highest BCUT2D eigenvalue weighted by molar-refractivity contribution is 5.26. The van der Waals surface area contributed by atoms with Gasteiger partial charge < -0.3 is 30.3 Å². The topological polar surface area (TPSA) is 110 Å². The molecule has 0 saturated carbocycles. The molecule has 5 N–H and O–H groups in total. The summed E-state index contributed by atoms with van der Waals surface area (Å²) in [6, 6.07) is 7.96. The molecule has 0 amide bonds. The van der Waals surface area contributed by atoms with Crippen LogP contribution in [0.2, 0.25) is 0 Å². The molecule has 100 valence electrons. The summed E-state index contributed by atoms with van der Waals surface area (Å²) < 4.78 is 4.93. The molecule has 1 aliphatic heterocycles. The SMILES string of the molecule is OC[C@H]1O[C@H](O)[C@@](O)(c2ccccc2)[C@@H](O)[C@H]1O. The van der Waals surface area contributed by atoms with Crippen molar-refractivity contribution < 1.29 is 30.3 Å². The molecule has 0 bridgehead atoms. The van der Waals surface area contributed by atoms with Crippen molar-refractivity contribution in [1.82, 2.24) is 0 Å². The van der Waals surface area contributed by atoms with Gasteiger partial charge in [-0.25, -0.2) is 0 Å². The predicted octanol–water partition coefficient (Wildman–Crippen LogP) is -1.69. The van der Waals surface area contributed by atoms with Gasteiger partial charge in [0.05, 0.1) is 6.61 Å². The largest absolute Gasteiger partial charge is 0.394 e. The molecule has 1 heterocycles. The fourth-order valence-electron chi connectivity index (χ4n) is 2.13. The van der Waals surface area contributed by atoms with Gasteiger partial charge in [0.15, 0.2) is 11.9 Å². The van der Waals surface area contributed by atoms with Gasteiger partial charge in [-0.3, -0.25) is 0 Å². The van der Waals surface area contributed by atoms with Crippen molar-refractivity contribution in [3.8, 4) is 0 Å². The second-order valence-corrected chi connectivity index (χ2v) is 4.34. The van der Waals surface area contributed by atoms with Gasteiger partial charge >= 0.3 is 0 Å². The van der Waals surface area contributed by atoms with Crippen molar-refractivity contribution in [2.75, 3.05) is 6.61 Å². The highest BCUT2D eigenvalue weighted by Crippen LogP contribution is 2.36. The normalized spacial score (nSPS) is 40.7. The van der Waals surface area contributed by atoms with E-state index in [1.165, 1.54) is 12.1 Å². The Morgan fingerprint density at radius 1 is 1.11 bits per heavy atom. The smallest absolute Gasteiger partial charge is 0.191 e. The van der Waals surface area contributed by atoms with Gasteiger partial charge in [-0.15, -0.1) is 0 Å². The Morgan fingerprint density at radius 2 is 1.72 bits per heavy atom. The zero-order valence-electron chi connectivity index (χ0n) is 9.55. The summed E-state index contributed by atoms with van der Waals surface area (Å²) in [6.07, 6.45) is -6.04. The van der Waals surface area contributed by atoms with Crippen molar-refractivity contribution in [3.05, 3.63) is 35.9 Å². The van der Waals surface area contributed by atoms with Crippen molar-refractivity contribution >= 4 is 0 Å². The number of ether oxygens (including phenoxy) is 1. The van der Waals surface area contributed by atoms with Gasteiger partial charge in [0.1, 0.15) is 18.3 Å². The molecule has 6 nitrogen and oxygen atoms in total. The number of aliphatic hydroxyl groups excluding tert-OH is 4. The van der Waals surface area contributed by atoms with E-state index < -0.39 is 36.8 Å². The highest BCUT2D eigenvalue weighted by Gasteiger charge is 2.55. The molecule has 0 aromatic heterocycles. The van der Waals surface area contributed by atoms with Crippen molar-refractivity contribution in [1.29, 1.82) is 0 Å². The Bertz CT molecular complexity index is 397. The summed E-state index contributed by atoms with van der Waals surface area (Å²) in [6.45, 7) is -0.569. The van der Waals surface area contributed by atoms with E-state index in [4.69, 9.17) is 9.84 Å². The van der Waals surface area contributed by atoms with Crippen LogP contribution in [0.4, 0.5) is 0 Å². The highest BCUT2D eigenvalue weighted by atomic mass is 16.6. The molecular formula is C12H16O6. The molecule has 2 rings (SSSR count). The van der Waals surface area contributed by atoms with Gasteiger partial charge in [0, 0.05) is 0 Å². The second kappa shape index (κ2) is 4.93. The van der Waals surface area contributed by atoms with Crippen LogP contribution >= 0.6 is 0 Å². The average Bonchev–Trinajstić information content (AvgIpc) is 2.41. The van der Waals surface area contributed by atoms with E-state index in [0.717, 1.165) is 0 Å². The molecule has 1 aromatic carbocycles. The third-order valence-corrected chi connectivity index (χ3v) is 3.25. The number of rotatable bonds is 2. The number of hydrogen-bond donors (Lipinski definition) is 5. The summed E-state index contributed by atoms with van der Waals surface area (Å²) in [5, 5.41) is 48.9. The number of benzene rings is 1. The zero-order chi connectivity index (χ0) is 13.3. The number of hydrogen-bond acceptors (Lipinski definition) is 6. The lowest BCUT2D eigenvalue weighted by atomic mass is 9.81. The fourth-order valence-corrected chi connectivity index (χ4v) is 2.13. The summed E-state index contributed by atoms with van der Waals surface area (Å²) in [7, 11) is 0. The van der Waals surface area contributed by atoms with Crippen LogP contribution < -0.4 is 0 Å². The molecule has 0 aliphatic carbocycles. The first-order valence-electron chi connectivity index (χ1n) is 5.60. The first-order valence-corrected chi connectivity index (χ1v) is 5.60. The maximum atomic E-state index is 10.4. The van der Waals surface area contributed by atoms with Crippen LogP contribution in [0.25, 0.3) is 0 Å². The third-order valence-electron chi connectivity index (χ3n) is 3.25. The van der Waals surface area contributed by atoms with E-state index in [1.54, 1.807) is 18.2 Å². The summed E-state index contributed by atoms with van der Waals surface area (Å²) >= 11 is 0. The molecule has 5 atom stereocenters. The van der Waals surface area contributed by atoms with Crippen LogP contribution in [0.3, 0.4) is 0 Å². The van der Waals surface area contributed by atoms with Crippen LogP contribution in [-0.2, 0) is 10.3 Å². The molecule has 1 saturated heterocycles. The standard InChI is InChI=1S/C12H16O6/c13-6-8-9(14)10(15)12(17,11(16)18-8)7-4-2-1-3-5-7/h1-5,8-11,13-17H,6H2/t8-,9+,10+,11+,12-/m1/s1. The van der Waals surface area contributed by atoms with Gasteiger partial charge in [-0.1, -0.05) is 30.3 Å². The fraction of sp³-hybridized carbons (Fsp3) is 0.500. The van der Waals surface area contributed by atoms with Crippen LogP contribution in [-0.4, -0.2) is 56.7 Å². The third kappa shape index (κ3) is 1.93. The summed E-state index contributed by atoms with van der Waals surface area (Å²) in [4.78, 5) is 0. The molecule has 1 aromatic rings. The van der Waals surface area contributed by atoms with Gasteiger partial charge in [0.25, 0.3) is 0 Å². The second-order valence-electron chi connectivity index (χ2n) is 4.34. The van der Waals surface area contributed by atoms with Crippen molar-refractivity contribution in [2.24, 2.45) is 0 Å². The monoisotopic (exact) mass is 256 g/mol. The molecule has 6 heteroatoms. The van der Waals surface area contributed by atoms with Gasteiger partial charge in [-0.05, 0) is 5.56 Å². The van der Waals surface area contributed by atoms with Crippen LogP contribution in [0.15, 0.2) is 30.3 Å². The minimum absolute atomic E-state index is 0.223. The van der Waals surface area contributed by atoms with Crippen LogP contribution in [0.5, 0.6) is 0 Å². The predicted molar refractivity (Wildman–Crippen MR) is 60.3 cm³/mol. The Hall–Kier alpha value is -1.02. The Morgan fingerprint density at radius 3 is 2.28 bits per heavy atom. The number of aliphatic hydroxyl groups is 5.